The van der Waals surface area contributed by atoms with Crippen LogP contribution in [0.3, 0.4) is 0 Å². The maximum absolute atomic E-state index is 5.26. The van der Waals surface area contributed by atoms with E-state index in [0.29, 0.717) is 0 Å². The summed E-state index contributed by atoms with van der Waals surface area (Å²) in [7, 11) is 0. The van der Waals surface area contributed by atoms with E-state index in [9.17, 15) is 0 Å². The zero-order valence-corrected chi connectivity index (χ0v) is 6.73. The Balaban J connectivity index is 1.91. The summed E-state index contributed by atoms with van der Waals surface area (Å²) in [5.74, 6) is 0.832. The van der Waals surface area contributed by atoms with E-state index < -0.39 is 0 Å². The average Bonchev–Trinajstić information content (AvgIpc) is 2.41. The van der Waals surface area contributed by atoms with Crippen LogP contribution in [0.15, 0.2) is 0 Å². The highest BCUT2D eigenvalue weighted by molar-refractivity contribution is 4.64. The first-order valence-electron chi connectivity index (χ1n) is 4.22. The van der Waals surface area contributed by atoms with Crippen LogP contribution in [0.2, 0.25) is 0 Å². The molecule has 0 aliphatic carbocycles. The Morgan fingerprint density at radius 2 is 2.50 bits per heavy atom. The van der Waals surface area contributed by atoms with Crippen LogP contribution < -0.4 is 5.32 Å². The summed E-state index contributed by atoms with van der Waals surface area (Å²) >= 11 is 0. The molecule has 2 heteroatoms. The first-order chi connectivity index (χ1) is 4.93. The van der Waals surface area contributed by atoms with Crippen LogP contribution in [0.25, 0.3) is 0 Å². The van der Waals surface area contributed by atoms with Crippen LogP contribution in [0.1, 0.15) is 19.8 Å². The predicted molar refractivity (Wildman–Crippen MR) is 42.1 cm³/mol. The molecule has 1 rings (SSSR count). The van der Waals surface area contributed by atoms with Gasteiger partial charge in [0.15, 0.2) is 0 Å². The highest BCUT2D eigenvalue weighted by Crippen LogP contribution is 2.14. The largest absolute Gasteiger partial charge is 0.381 e. The van der Waals surface area contributed by atoms with Crippen LogP contribution in [0.4, 0.5) is 0 Å². The molecule has 0 bridgehead atoms. The molecule has 1 atom stereocenters. The van der Waals surface area contributed by atoms with E-state index >= 15 is 0 Å². The van der Waals surface area contributed by atoms with E-state index in [2.05, 4.69) is 12.2 Å². The van der Waals surface area contributed by atoms with Crippen molar-refractivity contribution >= 4 is 0 Å². The van der Waals surface area contributed by atoms with Gasteiger partial charge in [0.1, 0.15) is 0 Å². The van der Waals surface area contributed by atoms with Gasteiger partial charge in [0.25, 0.3) is 0 Å². The molecule has 0 unspecified atom stereocenters. The standard InChI is InChI=1S/C8H17NO/c1-2-9-5-3-8-4-6-10-7-8/h8-9H,2-7H2,1H3/t8-/m0/s1. The number of ether oxygens (including phenoxy) is 1. The zero-order valence-electron chi connectivity index (χ0n) is 6.73. The molecule has 1 N–H and O–H groups in total. The highest BCUT2D eigenvalue weighted by atomic mass is 16.5. The third-order valence-electron chi connectivity index (χ3n) is 2.00. The molecule has 0 aromatic rings. The molecule has 10 heavy (non-hydrogen) atoms. The molecule has 0 radical (unpaired) electrons. The minimum absolute atomic E-state index is 0.832. The fraction of sp³-hybridized carbons (Fsp3) is 1.00. The Labute approximate surface area is 63.0 Å². The summed E-state index contributed by atoms with van der Waals surface area (Å²) in [5, 5.41) is 3.32. The summed E-state index contributed by atoms with van der Waals surface area (Å²) in [6.07, 6.45) is 2.55. The van der Waals surface area contributed by atoms with Gasteiger partial charge in [-0.25, -0.2) is 0 Å². The van der Waals surface area contributed by atoms with Crippen molar-refractivity contribution in [1.29, 1.82) is 0 Å². The first kappa shape index (κ1) is 8.02. The zero-order chi connectivity index (χ0) is 7.23. The lowest BCUT2D eigenvalue weighted by Gasteiger charge is -2.06. The summed E-state index contributed by atoms with van der Waals surface area (Å²) in [5.41, 5.74) is 0. The van der Waals surface area contributed by atoms with E-state index in [1.165, 1.54) is 12.8 Å². The first-order valence-corrected chi connectivity index (χ1v) is 4.22. The van der Waals surface area contributed by atoms with Crippen molar-refractivity contribution in [2.75, 3.05) is 26.3 Å². The quantitative estimate of drug-likeness (QED) is 0.593. The van der Waals surface area contributed by atoms with Crippen molar-refractivity contribution in [2.24, 2.45) is 5.92 Å². The fourth-order valence-electron chi connectivity index (χ4n) is 1.29. The highest BCUT2D eigenvalue weighted by Gasteiger charge is 2.13. The number of rotatable bonds is 4. The van der Waals surface area contributed by atoms with Gasteiger partial charge in [-0.2, -0.15) is 0 Å². The summed E-state index contributed by atoms with van der Waals surface area (Å²) in [6.45, 7) is 6.37. The van der Waals surface area contributed by atoms with Gasteiger partial charge < -0.3 is 10.1 Å². The van der Waals surface area contributed by atoms with Crippen LogP contribution in [-0.4, -0.2) is 26.3 Å². The third-order valence-corrected chi connectivity index (χ3v) is 2.00. The van der Waals surface area contributed by atoms with Gasteiger partial charge >= 0.3 is 0 Å². The monoisotopic (exact) mass is 143 g/mol. The maximum atomic E-state index is 5.26. The Morgan fingerprint density at radius 3 is 3.10 bits per heavy atom. The molecule has 1 saturated heterocycles. The number of nitrogens with one attached hydrogen (secondary N) is 1. The Hall–Kier alpha value is -0.0800. The lowest BCUT2D eigenvalue weighted by Crippen LogP contribution is -2.17. The van der Waals surface area contributed by atoms with Gasteiger partial charge in [0.05, 0.1) is 0 Å². The molecule has 1 fully saturated rings. The van der Waals surface area contributed by atoms with E-state index in [-0.39, 0.29) is 0 Å². The molecule has 1 aliphatic rings. The molecular formula is C8H17NO. The molecule has 0 amide bonds. The van der Waals surface area contributed by atoms with Crippen molar-refractivity contribution in [3.05, 3.63) is 0 Å². The molecule has 0 aromatic carbocycles. The molecule has 1 heterocycles. The molecular weight excluding hydrogens is 126 g/mol. The second-order valence-electron chi connectivity index (χ2n) is 2.87. The Kier molecular flexibility index (Phi) is 3.76. The lowest BCUT2D eigenvalue weighted by molar-refractivity contribution is 0.184. The molecule has 60 valence electrons. The van der Waals surface area contributed by atoms with E-state index in [1.54, 1.807) is 0 Å². The van der Waals surface area contributed by atoms with Crippen LogP contribution in [-0.2, 0) is 4.74 Å². The topological polar surface area (TPSA) is 21.3 Å². The minimum Gasteiger partial charge on any atom is -0.381 e. The molecule has 0 saturated carbocycles. The van der Waals surface area contributed by atoms with Gasteiger partial charge in [0, 0.05) is 13.2 Å². The normalized spacial score (nSPS) is 25.5. The van der Waals surface area contributed by atoms with Crippen molar-refractivity contribution in [2.45, 2.75) is 19.8 Å². The summed E-state index contributed by atoms with van der Waals surface area (Å²) in [4.78, 5) is 0. The minimum atomic E-state index is 0.832. The molecule has 1 aliphatic heterocycles. The SMILES string of the molecule is CCNCC[C@H]1CCOC1. The van der Waals surface area contributed by atoms with Crippen molar-refractivity contribution in [3.63, 3.8) is 0 Å². The van der Waals surface area contributed by atoms with Crippen molar-refractivity contribution < 1.29 is 4.74 Å². The van der Waals surface area contributed by atoms with Gasteiger partial charge in [-0.15, -0.1) is 0 Å². The smallest absolute Gasteiger partial charge is 0.0495 e. The second kappa shape index (κ2) is 4.69. The van der Waals surface area contributed by atoms with Gasteiger partial charge in [0.2, 0.25) is 0 Å². The molecule has 0 aromatic heterocycles. The van der Waals surface area contributed by atoms with Gasteiger partial charge in [-0.05, 0) is 31.8 Å². The van der Waals surface area contributed by atoms with E-state index in [1.807, 2.05) is 0 Å². The van der Waals surface area contributed by atoms with Crippen molar-refractivity contribution in [3.8, 4) is 0 Å². The predicted octanol–water partition coefficient (Wildman–Crippen LogP) is 1.02. The van der Waals surface area contributed by atoms with E-state index in [4.69, 9.17) is 4.74 Å². The summed E-state index contributed by atoms with van der Waals surface area (Å²) < 4.78 is 5.26. The second-order valence-corrected chi connectivity index (χ2v) is 2.87. The fourth-order valence-corrected chi connectivity index (χ4v) is 1.29. The molecule has 0 spiro atoms. The average molecular weight is 143 g/mol. The Morgan fingerprint density at radius 1 is 1.60 bits per heavy atom. The van der Waals surface area contributed by atoms with Crippen LogP contribution in [0, 0.1) is 5.92 Å². The maximum Gasteiger partial charge on any atom is 0.0495 e. The Bertz CT molecular complexity index is 79.3. The van der Waals surface area contributed by atoms with Crippen LogP contribution >= 0.6 is 0 Å². The third kappa shape index (κ3) is 2.67. The molecule has 2 nitrogen and oxygen atoms in total. The number of hydrogen-bond donors (Lipinski definition) is 1. The number of hydrogen-bond acceptors (Lipinski definition) is 2. The van der Waals surface area contributed by atoms with Crippen LogP contribution in [0.5, 0.6) is 0 Å². The lowest BCUT2D eigenvalue weighted by atomic mass is 10.1. The van der Waals surface area contributed by atoms with Crippen molar-refractivity contribution in [1.82, 2.24) is 5.32 Å². The summed E-state index contributed by atoms with van der Waals surface area (Å²) in [6, 6.07) is 0. The van der Waals surface area contributed by atoms with Gasteiger partial charge in [-0.3, -0.25) is 0 Å². The van der Waals surface area contributed by atoms with E-state index in [0.717, 1.165) is 32.2 Å². The van der Waals surface area contributed by atoms with Gasteiger partial charge in [-0.1, -0.05) is 6.92 Å².